The van der Waals surface area contributed by atoms with Crippen molar-refractivity contribution in [3.05, 3.63) is 107 Å². The summed E-state index contributed by atoms with van der Waals surface area (Å²) in [5.74, 6) is -0.0169. The van der Waals surface area contributed by atoms with Crippen LogP contribution in [0.25, 0.3) is 22.5 Å². The van der Waals surface area contributed by atoms with Gasteiger partial charge in [0.25, 0.3) is 11.8 Å². The van der Waals surface area contributed by atoms with Gasteiger partial charge in [0.15, 0.2) is 0 Å². The standard InChI is InChI=1S/C29H24N4O4/c1-17-14-15-22(30-28(34)24-18(2)36-32-26(24)20-10-6-4-7-11-20)23(16-17)31-29(35)25-19(3)37-33-27(25)21-12-8-5-9-13-21/h4-16H,1-3H3,(H,30,34)(H,31,35). The van der Waals surface area contributed by atoms with Gasteiger partial charge in [-0.1, -0.05) is 77.0 Å². The summed E-state index contributed by atoms with van der Waals surface area (Å²) in [6.45, 7) is 5.28. The summed E-state index contributed by atoms with van der Waals surface area (Å²) in [6.07, 6.45) is 0. The van der Waals surface area contributed by atoms with Crippen molar-refractivity contribution in [2.45, 2.75) is 20.8 Å². The lowest BCUT2D eigenvalue weighted by atomic mass is 10.0. The van der Waals surface area contributed by atoms with E-state index >= 15 is 0 Å². The molecule has 0 saturated carbocycles. The monoisotopic (exact) mass is 492 g/mol. The van der Waals surface area contributed by atoms with Crippen LogP contribution in [0.5, 0.6) is 0 Å². The van der Waals surface area contributed by atoms with Gasteiger partial charge in [-0.15, -0.1) is 0 Å². The molecule has 0 radical (unpaired) electrons. The molecule has 2 heterocycles. The van der Waals surface area contributed by atoms with E-state index in [0.29, 0.717) is 45.4 Å². The third-order valence-corrected chi connectivity index (χ3v) is 5.95. The largest absolute Gasteiger partial charge is 0.360 e. The van der Waals surface area contributed by atoms with E-state index in [-0.39, 0.29) is 0 Å². The topological polar surface area (TPSA) is 110 Å². The molecule has 37 heavy (non-hydrogen) atoms. The first-order valence-corrected chi connectivity index (χ1v) is 11.7. The van der Waals surface area contributed by atoms with Crippen LogP contribution in [0.3, 0.4) is 0 Å². The Bertz CT molecular complexity index is 1590. The molecular formula is C29H24N4O4. The summed E-state index contributed by atoms with van der Waals surface area (Å²) in [6, 6.07) is 24.1. The highest BCUT2D eigenvalue weighted by atomic mass is 16.5. The van der Waals surface area contributed by atoms with Crippen molar-refractivity contribution in [1.29, 1.82) is 0 Å². The summed E-state index contributed by atoms with van der Waals surface area (Å²) in [5, 5.41) is 14.0. The molecule has 3 aromatic carbocycles. The van der Waals surface area contributed by atoms with Crippen LogP contribution >= 0.6 is 0 Å². The van der Waals surface area contributed by atoms with Gasteiger partial charge in [0.05, 0.1) is 11.4 Å². The minimum atomic E-state index is -0.400. The molecule has 0 atom stereocenters. The van der Waals surface area contributed by atoms with Gasteiger partial charge in [-0.3, -0.25) is 9.59 Å². The van der Waals surface area contributed by atoms with Crippen LogP contribution in [0, 0.1) is 20.8 Å². The molecule has 0 aliphatic carbocycles. The van der Waals surface area contributed by atoms with Crippen LogP contribution in [0.15, 0.2) is 87.9 Å². The van der Waals surface area contributed by atoms with Gasteiger partial charge in [-0.2, -0.15) is 0 Å². The average molecular weight is 493 g/mol. The first kappa shape index (κ1) is 23.7. The van der Waals surface area contributed by atoms with Crippen molar-refractivity contribution in [1.82, 2.24) is 10.3 Å². The Morgan fingerprint density at radius 2 is 1.08 bits per heavy atom. The molecule has 5 rings (SSSR count). The molecule has 2 amide bonds. The summed E-state index contributed by atoms with van der Waals surface area (Å²) in [5.41, 5.74) is 4.84. The van der Waals surface area contributed by atoms with E-state index in [2.05, 4.69) is 20.9 Å². The number of nitrogens with zero attached hydrogens (tertiary/aromatic N) is 2. The molecule has 0 bridgehead atoms. The van der Waals surface area contributed by atoms with Crippen LogP contribution in [0.4, 0.5) is 11.4 Å². The number of aryl methyl sites for hydroxylation is 3. The number of amides is 2. The van der Waals surface area contributed by atoms with Crippen molar-refractivity contribution >= 4 is 23.2 Å². The maximum Gasteiger partial charge on any atom is 0.261 e. The number of nitrogens with one attached hydrogen (secondary N) is 2. The molecular weight excluding hydrogens is 468 g/mol. The fourth-order valence-corrected chi connectivity index (χ4v) is 4.11. The van der Waals surface area contributed by atoms with E-state index in [9.17, 15) is 9.59 Å². The Morgan fingerprint density at radius 3 is 1.57 bits per heavy atom. The van der Waals surface area contributed by atoms with E-state index in [1.807, 2.05) is 73.7 Å². The van der Waals surface area contributed by atoms with E-state index in [1.165, 1.54) is 0 Å². The molecule has 0 spiro atoms. The van der Waals surface area contributed by atoms with Crippen molar-refractivity contribution in [2.24, 2.45) is 0 Å². The maximum absolute atomic E-state index is 13.4. The second-order valence-electron chi connectivity index (χ2n) is 8.61. The molecule has 0 aliphatic rings. The van der Waals surface area contributed by atoms with Crippen LogP contribution in [0.2, 0.25) is 0 Å². The van der Waals surface area contributed by atoms with Gasteiger partial charge in [0.1, 0.15) is 34.0 Å². The highest BCUT2D eigenvalue weighted by Gasteiger charge is 2.25. The zero-order valence-corrected chi connectivity index (χ0v) is 20.5. The minimum Gasteiger partial charge on any atom is -0.360 e. The van der Waals surface area contributed by atoms with Crippen molar-refractivity contribution in [3.8, 4) is 22.5 Å². The average Bonchev–Trinajstić information content (AvgIpc) is 3.49. The lowest BCUT2D eigenvalue weighted by Crippen LogP contribution is -2.18. The number of aromatic nitrogens is 2. The van der Waals surface area contributed by atoms with Gasteiger partial charge >= 0.3 is 0 Å². The smallest absolute Gasteiger partial charge is 0.261 e. The Balaban J connectivity index is 1.45. The van der Waals surface area contributed by atoms with Crippen molar-refractivity contribution < 1.29 is 18.6 Å². The van der Waals surface area contributed by atoms with Crippen LogP contribution < -0.4 is 10.6 Å². The quantitative estimate of drug-likeness (QED) is 0.283. The lowest BCUT2D eigenvalue weighted by Gasteiger charge is -2.14. The van der Waals surface area contributed by atoms with Gasteiger partial charge in [0, 0.05) is 11.1 Å². The Hall–Kier alpha value is -4.98. The second kappa shape index (κ2) is 9.94. The third kappa shape index (κ3) is 4.77. The lowest BCUT2D eigenvalue weighted by molar-refractivity contribution is 0.101. The van der Waals surface area contributed by atoms with E-state index in [4.69, 9.17) is 9.05 Å². The third-order valence-electron chi connectivity index (χ3n) is 5.95. The first-order chi connectivity index (χ1) is 17.9. The van der Waals surface area contributed by atoms with Crippen molar-refractivity contribution in [3.63, 3.8) is 0 Å². The number of carbonyl (C=O) groups is 2. The first-order valence-electron chi connectivity index (χ1n) is 11.7. The van der Waals surface area contributed by atoms with Crippen LogP contribution in [0.1, 0.15) is 37.8 Å². The van der Waals surface area contributed by atoms with Gasteiger partial charge in [-0.25, -0.2) is 0 Å². The Labute approximate surface area is 213 Å². The normalized spacial score (nSPS) is 10.8. The predicted octanol–water partition coefficient (Wildman–Crippen LogP) is 6.43. The molecule has 0 fully saturated rings. The molecule has 8 nitrogen and oxygen atoms in total. The van der Waals surface area contributed by atoms with E-state index < -0.39 is 11.8 Å². The fourth-order valence-electron chi connectivity index (χ4n) is 4.11. The highest BCUT2D eigenvalue weighted by molar-refractivity contribution is 6.13. The number of rotatable bonds is 6. The number of hydrogen-bond donors (Lipinski definition) is 2. The van der Waals surface area contributed by atoms with Gasteiger partial charge in [0.2, 0.25) is 0 Å². The SMILES string of the molecule is Cc1ccc(NC(=O)c2c(-c3ccccc3)noc2C)c(NC(=O)c2c(-c3ccccc3)noc2C)c1. The van der Waals surface area contributed by atoms with Crippen molar-refractivity contribution in [2.75, 3.05) is 10.6 Å². The number of hydrogen-bond acceptors (Lipinski definition) is 6. The highest BCUT2D eigenvalue weighted by Crippen LogP contribution is 2.30. The maximum atomic E-state index is 13.4. The molecule has 5 aromatic rings. The number of benzene rings is 3. The van der Waals surface area contributed by atoms with Crippen LogP contribution in [-0.2, 0) is 0 Å². The molecule has 2 N–H and O–H groups in total. The van der Waals surface area contributed by atoms with Crippen LogP contribution in [-0.4, -0.2) is 22.1 Å². The van der Waals surface area contributed by atoms with Gasteiger partial charge in [-0.05, 0) is 38.5 Å². The Morgan fingerprint density at radius 1 is 0.622 bits per heavy atom. The summed E-state index contributed by atoms with van der Waals surface area (Å²) < 4.78 is 10.7. The molecule has 2 aromatic heterocycles. The second-order valence-corrected chi connectivity index (χ2v) is 8.61. The zero-order chi connectivity index (χ0) is 25.9. The molecule has 0 aliphatic heterocycles. The number of carbonyl (C=O) groups excluding carboxylic acids is 2. The molecule has 184 valence electrons. The van der Waals surface area contributed by atoms with E-state index in [1.54, 1.807) is 26.0 Å². The minimum absolute atomic E-state index is 0.324. The van der Waals surface area contributed by atoms with E-state index in [0.717, 1.165) is 16.7 Å². The zero-order valence-electron chi connectivity index (χ0n) is 20.5. The summed E-state index contributed by atoms with van der Waals surface area (Å²) in [4.78, 5) is 26.8. The molecule has 0 saturated heterocycles. The number of anilines is 2. The predicted molar refractivity (Wildman–Crippen MR) is 140 cm³/mol. The Kier molecular flexibility index (Phi) is 6.38. The van der Waals surface area contributed by atoms with Gasteiger partial charge < -0.3 is 19.7 Å². The molecule has 8 heteroatoms. The fraction of sp³-hybridized carbons (Fsp3) is 0.103. The summed E-state index contributed by atoms with van der Waals surface area (Å²) >= 11 is 0. The molecule has 0 unspecified atom stereocenters. The summed E-state index contributed by atoms with van der Waals surface area (Å²) in [7, 11) is 0.